The van der Waals surface area contributed by atoms with E-state index >= 15 is 0 Å². The molecule has 0 saturated carbocycles. The Morgan fingerprint density at radius 1 is 1.14 bits per heavy atom. The van der Waals surface area contributed by atoms with Crippen molar-refractivity contribution in [3.8, 4) is 11.3 Å². The van der Waals surface area contributed by atoms with E-state index in [0.29, 0.717) is 31.0 Å². The minimum Gasteiger partial charge on any atom is -0.369 e. The van der Waals surface area contributed by atoms with Crippen molar-refractivity contribution in [2.24, 2.45) is 23.5 Å². The second-order valence-electron chi connectivity index (χ2n) is 9.57. The number of imidazole rings is 1. The van der Waals surface area contributed by atoms with Crippen LogP contribution in [0.5, 0.6) is 0 Å². The third kappa shape index (κ3) is 6.64. The number of benzene rings is 1. The Balaban J connectivity index is 1.78. The van der Waals surface area contributed by atoms with Gasteiger partial charge in [-0.15, -0.1) is 0 Å². The first kappa shape index (κ1) is 26.3. The molecule has 1 saturated heterocycles. The second-order valence-corrected chi connectivity index (χ2v) is 9.57. The number of hydrogen-bond acceptors (Lipinski definition) is 4. The van der Waals surface area contributed by atoms with Gasteiger partial charge in [0.1, 0.15) is 17.5 Å². The molecule has 1 fully saturated rings. The smallest absolute Gasteiger partial charge is 0.225 e. The maximum absolute atomic E-state index is 14.1. The van der Waals surface area contributed by atoms with Crippen LogP contribution in [-0.2, 0) is 14.4 Å². The molecule has 10 heteroatoms. The summed E-state index contributed by atoms with van der Waals surface area (Å²) in [4.78, 5) is 47.4. The molecule has 1 aromatic heterocycles. The van der Waals surface area contributed by atoms with Gasteiger partial charge in [-0.05, 0) is 44.2 Å². The monoisotopic (exact) mass is 489 g/mol. The van der Waals surface area contributed by atoms with E-state index in [4.69, 9.17) is 5.73 Å². The molecule has 190 valence electrons. The molecule has 3 amide bonds. The van der Waals surface area contributed by atoms with E-state index in [1.54, 1.807) is 11.8 Å². The summed E-state index contributed by atoms with van der Waals surface area (Å²) in [7, 11) is 0. The molecule has 0 bridgehead atoms. The standard InChI is InChI=1S/C25H33F2N5O3/c1-14(2)10-18(23(28)34)19(12-22(33)32-8-4-5-9-32)25(35)30-15(3)24-29-13-21(31-24)17-7-6-16(26)11-20(17)27/h6-7,11,13-15,18-19H,4-5,8-10,12H2,1-3H3,(H2,28,34)(H,29,31)(H,30,35)/t15-,18?,19-/m0/s1. The van der Waals surface area contributed by atoms with Crippen LogP contribution < -0.4 is 11.1 Å². The summed E-state index contributed by atoms with van der Waals surface area (Å²) in [6, 6.07) is 2.60. The summed E-state index contributed by atoms with van der Waals surface area (Å²) in [6.45, 7) is 6.82. The van der Waals surface area contributed by atoms with Crippen LogP contribution >= 0.6 is 0 Å². The van der Waals surface area contributed by atoms with Gasteiger partial charge in [-0.2, -0.15) is 0 Å². The van der Waals surface area contributed by atoms with E-state index in [1.165, 1.54) is 12.3 Å². The largest absolute Gasteiger partial charge is 0.369 e. The quantitative estimate of drug-likeness (QED) is 0.474. The van der Waals surface area contributed by atoms with Crippen LogP contribution in [0.25, 0.3) is 11.3 Å². The molecule has 1 unspecified atom stereocenters. The van der Waals surface area contributed by atoms with Crippen molar-refractivity contribution in [2.45, 2.75) is 52.5 Å². The van der Waals surface area contributed by atoms with Gasteiger partial charge in [-0.25, -0.2) is 13.8 Å². The fourth-order valence-electron chi connectivity index (χ4n) is 4.48. The fraction of sp³-hybridized carbons (Fsp3) is 0.520. The summed E-state index contributed by atoms with van der Waals surface area (Å²) >= 11 is 0. The summed E-state index contributed by atoms with van der Waals surface area (Å²) < 4.78 is 27.4. The third-order valence-corrected chi connectivity index (χ3v) is 6.35. The topological polar surface area (TPSA) is 121 Å². The van der Waals surface area contributed by atoms with Crippen LogP contribution in [0.3, 0.4) is 0 Å². The Hall–Kier alpha value is -3.30. The number of rotatable bonds is 10. The van der Waals surface area contributed by atoms with E-state index < -0.39 is 41.3 Å². The molecule has 3 atom stereocenters. The molecule has 1 aliphatic rings. The Bertz CT molecular complexity index is 1070. The van der Waals surface area contributed by atoms with Gasteiger partial charge >= 0.3 is 0 Å². The lowest BCUT2D eigenvalue weighted by Crippen LogP contribution is -2.44. The lowest BCUT2D eigenvalue weighted by molar-refractivity contribution is -0.140. The average molecular weight is 490 g/mol. The molecule has 8 nitrogen and oxygen atoms in total. The number of nitrogens with zero attached hydrogens (tertiary/aromatic N) is 2. The second kappa shape index (κ2) is 11.4. The number of hydrogen-bond donors (Lipinski definition) is 3. The Kier molecular flexibility index (Phi) is 8.58. The summed E-state index contributed by atoms with van der Waals surface area (Å²) in [5, 5.41) is 2.82. The summed E-state index contributed by atoms with van der Waals surface area (Å²) in [5.74, 6) is -3.96. The van der Waals surface area contributed by atoms with E-state index in [9.17, 15) is 23.2 Å². The predicted molar refractivity (Wildman–Crippen MR) is 127 cm³/mol. The van der Waals surface area contributed by atoms with Crippen LogP contribution in [-0.4, -0.2) is 45.7 Å². The van der Waals surface area contributed by atoms with Crippen molar-refractivity contribution < 1.29 is 23.2 Å². The van der Waals surface area contributed by atoms with E-state index in [1.807, 2.05) is 13.8 Å². The molecular weight excluding hydrogens is 456 g/mol. The van der Waals surface area contributed by atoms with Gasteiger partial charge in [0, 0.05) is 31.1 Å². The van der Waals surface area contributed by atoms with Crippen molar-refractivity contribution in [3.05, 3.63) is 41.9 Å². The average Bonchev–Trinajstić information content (AvgIpc) is 3.48. The van der Waals surface area contributed by atoms with Crippen LogP contribution in [0.4, 0.5) is 8.78 Å². The van der Waals surface area contributed by atoms with E-state index in [-0.39, 0.29) is 23.8 Å². The van der Waals surface area contributed by atoms with Crippen LogP contribution in [0, 0.1) is 29.4 Å². The molecule has 2 heterocycles. The lowest BCUT2D eigenvalue weighted by Gasteiger charge is -2.28. The summed E-state index contributed by atoms with van der Waals surface area (Å²) in [6.07, 6.45) is 3.50. The number of nitrogens with one attached hydrogen (secondary N) is 2. The zero-order chi connectivity index (χ0) is 25.7. The Morgan fingerprint density at radius 3 is 2.43 bits per heavy atom. The first-order valence-electron chi connectivity index (χ1n) is 11.9. The summed E-state index contributed by atoms with van der Waals surface area (Å²) in [5.41, 5.74) is 6.13. The third-order valence-electron chi connectivity index (χ3n) is 6.35. The first-order valence-corrected chi connectivity index (χ1v) is 11.9. The highest BCUT2D eigenvalue weighted by Crippen LogP contribution is 2.27. The van der Waals surface area contributed by atoms with Crippen LogP contribution in [0.15, 0.2) is 24.4 Å². The van der Waals surface area contributed by atoms with Gasteiger partial charge in [-0.1, -0.05) is 13.8 Å². The van der Waals surface area contributed by atoms with Crippen molar-refractivity contribution in [1.29, 1.82) is 0 Å². The Labute approximate surface area is 203 Å². The first-order chi connectivity index (χ1) is 16.6. The number of H-pyrrole nitrogens is 1. The maximum Gasteiger partial charge on any atom is 0.225 e. The van der Waals surface area contributed by atoms with E-state index in [0.717, 1.165) is 25.0 Å². The van der Waals surface area contributed by atoms with E-state index in [2.05, 4.69) is 15.3 Å². The molecule has 2 aromatic rings. The lowest BCUT2D eigenvalue weighted by atomic mass is 9.81. The normalized spacial score (nSPS) is 16.2. The highest BCUT2D eigenvalue weighted by atomic mass is 19.1. The van der Waals surface area contributed by atoms with Crippen molar-refractivity contribution in [3.63, 3.8) is 0 Å². The number of halogens is 2. The maximum atomic E-state index is 14.1. The number of aromatic amines is 1. The molecule has 0 spiro atoms. The number of likely N-dealkylation sites (tertiary alicyclic amines) is 1. The van der Waals surface area contributed by atoms with Gasteiger partial charge < -0.3 is 20.9 Å². The fourth-order valence-corrected chi connectivity index (χ4v) is 4.48. The minimum absolute atomic E-state index is 0.0975. The minimum atomic E-state index is -0.922. The number of nitrogens with two attached hydrogens (primary N) is 1. The van der Waals surface area contributed by atoms with Crippen LogP contribution in [0.2, 0.25) is 0 Å². The molecule has 0 radical (unpaired) electrons. The van der Waals surface area contributed by atoms with Crippen molar-refractivity contribution >= 4 is 17.7 Å². The number of aromatic nitrogens is 2. The molecule has 0 aliphatic carbocycles. The number of amides is 3. The molecule has 1 aromatic carbocycles. The molecule has 3 rings (SSSR count). The number of primary amides is 1. The molecule has 1 aliphatic heterocycles. The van der Waals surface area contributed by atoms with Gasteiger partial charge in [0.05, 0.1) is 29.8 Å². The zero-order valence-corrected chi connectivity index (χ0v) is 20.3. The zero-order valence-electron chi connectivity index (χ0n) is 20.3. The molecule has 4 N–H and O–H groups in total. The van der Waals surface area contributed by atoms with Gasteiger partial charge in [0.2, 0.25) is 17.7 Å². The highest BCUT2D eigenvalue weighted by molar-refractivity contribution is 5.91. The number of carbonyl (C=O) groups excluding carboxylic acids is 3. The number of carbonyl (C=O) groups is 3. The van der Waals surface area contributed by atoms with Crippen molar-refractivity contribution in [1.82, 2.24) is 20.2 Å². The van der Waals surface area contributed by atoms with Gasteiger partial charge in [-0.3, -0.25) is 14.4 Å². The van der Waals surface area contributed by atoms with Crippen LogP contribution in [0.1, 0.15) is 58.3 Å². The molecule has 35 heavy (non-hydrogen) atoms. The van der Waals surface area contributed by atoms with Gasteiger partial charge in [0.25, 0.3) is 0 Å². The Morgan fingerprint density at radius 2 is 1.83 bits per heavy atom. The van der Waals surface area contributed by atoms with Crippen molar-refractivity contribution in [2.75, 3.05) is 13.1 Å². The molecular formula is C25H33F2N5O3. The van der Waals surface area contributed by atoms with Gasteiger partial charge in [0.15, 0.2) is 0 Å². The highest BCUT2D eigenvalue weighted by Gasteiger charge is 2.36. The predicted octanol–water partition coefficient (Wildman–Crippen LogP) is 3.31. The SMILES string of the molecule is CC(C)CC(C(N)=O)[C@H](CC(=O)N1CCCC1)C(=O)N[C@@H](C)c1ncc(-c2ccc(F)cc2F)[nH]1.